The summed E-state index contributed by atoms with van der Waals surface area (Å²) >= 11 is 5.90. The van der Waals surface area contributed by atoms with Crippen LogP contribution in [0, 0.1) is 11.8 Å². The van der Waals surface area contributed by atoms with Gasteiger partial charge in [-0.2, -0.15) is 0 Å². The molecule has 1 aliphatic heterocycles. The first-order valence-corrected chi connectivity index (χ1v) is 4.07. The molecule has 0 aromatic rings. The summed E-state index contributed by atoms with van der Waals surface area (Å²) in [6.45, 7) is 2.10. The summed E-state index contributed by atoms with van der Waals surface area (Å²) in [4.78, 5) is 10.9. The van der Waals surface area contributed by atoms with Crippen LogP contribution in [-0.2, 0) is 4.79 Å². The van der Waals surface area contributed by atoms with Crippen molar-refractivity contribution < 1.29 is 4.79 Å². The predicted octanol–water partition coefficient (Wildman–Crippen LogP) is 0.748. The van der Waals surface area contributed by atoms with Crippen molar-refractivity contribution in [3.63, 3.8) is 0 Å². The maximum Gasteiger partial charge on any atom is 0.220 e. The highest BCUT2D eigenvalue weighted by atomic mass is 35.5. The first kappa shape index (κ1) is 6.47. The highest BCUT2D eigenvalue weighted by Gasteiger charge is 2.55. The van der Waals surface area contributed by atoms with E-state index in [0.717, 1.165) is 0 Å². The Hall–Kier alpha value is -0.240. The lowest BCUT2D eigenvalue weighted by Gasteiger charge is -2.15. The molecule has 0 aromatic carbocycles. The minimum Gasteiger partial charge on any atom is -0.352 e. The van der Waals surface area contributed by atoms with Crippen LogP contribution in [0.5, 0.6) is 0 Å². The molecule has 0 bridgehead atoms. The van der Waals surface area contributed by atoms with Gasteiger partial charge in [0.25, 0.3) is 0 Å². The molecule has 4 atom stereocenters. The first-order chi connectivity index (χ1) is 4.70. The Bertz CT molecular complexity index is 172. The third-order valence-corrected chi connectivity index (χ3v) is 3.04. The topological polar surface area (TPSA) is 29.1 Å². The minimum absolute atomic E-state index is 0.164. The van der Waals surface area contributed by atoms with Gasteiger partial charge in [0, 0.05) is 12.3 Å². The monoisotopic (exact) mass is 159 g/mol. The molecule has 56 valence electrons. The van der Waals surface area contributed by atoms with Crippen LogP contribution >= 0.6 is 11.6 Å². The lowest BCUT2D eigenvalue weighted by atomic mass is 9.99. The number of carbonyl (C=O) groups excluding carboxylic acids is 1. The Balaban J connectivity index is 2.09. The van der Waals surface area contributed by atoms with Gasteiger partial charge < -0.3 is 5.32 Å². The van der Waals surface area contributed by atoms with Crippen LogP contribution in [0.4, 0.5) is 0 Å². The zero-order valence-electron chi connectivity index (χ0n) is 5.80. The van der Waals surface area contributed by atoms with E-state index in [2.05, 4.69) is 12.2 Å². The predicted molar refractivity (Wildman–Crippen MR) is 38.8 cm³/mol. The molecule has 1 saturated carbocycles. The molecule has 2 aliphatic rings. The first-order valence-electron chi connectivity index (χ1n) is 3.63. The number of carbonyl (C=O) groups is 1. The van der Waals surface area contributed by atoms with Gasteiger partial charge in [0.05, 0.1) is 11.4 Å². The number of hydrogen-bond donors (Lipinski definition) is 1. The Morgan fingerprint density at radius 2 is 2.40 bits per heavy atom. The van der Waals surface area contributed by atoms with Crippen LogP contribution in [-0.4, -0.2) is 17.3 Å². The number of alkyl halides is 1. The third-order valence-electron chi connectivity index (χ3n) is 2.48. The second-order valence-corrected chi connectivity index (χ2v) is 3.80. The van der Waals surface area contributed by atoms with Crippen LogP contribution in [0.2, 0.25) is 0 Å². The Labute approximate surface area is 64.9 Å². The number of hydrogen-bond acceptors (Lipinski definition) is 1. The summed E-state index contributed by atoms with van der Waals surface area (Å²) in [7, 11) is 0. The van der Waals surface area contributed by atoms with Crippen LogP contribution in [0.15, 0.2) is 0 Å². The van der Waals surface area contributed by atoms with Crippen molar-refractivity contribution in [2.45, 2.75) is 24.8 Å². The summed E-state index contributed by atoms with van der Waals surface area (Å²) in [6.07, 6.45) is 0.657. The number of fused-ring (bicyclic) bond motifs is 1. The molecule has 1 N–H and O–H groups in total. The zero-order valence-corrected chi connectivity index (χ0v) is 6.56. The van der Waals surface area contributed by atoms with Crippen LogP contribution < -0.4 is 5.32 Å². The van der Waals surface area contributed by atoms with Crippen molar-refractivity contribution in [1.29, 1.82) is 0 Å². The summed E-state index contributed by atoms with van der Waals surface area (Å²) in [5, 5.41) is 3.07. The molecular formula is C7H10ClNO. The smallest absolute Gasteiger partial charge is 0.220 e. The van der Waals surface area contributed by atoms with E-state index in [4.69, 9.17) is 11.6 Å². The van der Waals surface area contributed by atoms with Gasteiger partial charge in [0.15, 0.2) is 0 Å². The molecule has 3 heteroatoms. The highest BCUT2D eigenvalue weighted by Crippen LogP contribution is 2.46. The molecule has 2 rings (SSSR count). The fourth-order valence-electron chi connectivity index (χ4n) is 1.81. The zero-order chi connectivity index (χ0) is 7.30. The highest BCUT2D eigenvalue weighted by molar-refractivity contribution is 6.24. The van der Waals surface area contributed by atoms with Crippen molar-refractivity contribution in [1.82, 2.24) is 5.32 Å². The largest absolute Gasteiger partial charge is 0.352 e. The van der Waals surface area contributed by atoms with Crippen molar-refractivity contribution in [2.75, 3.05) is 0 Å². The van der Waals surface area contributed by atoms with E-state index >= 15 is 0 Å². The van der Waals surface area contributed by atoms with Gasteiger partial charge >= 0.3 is 0 Å². The average molecular weight is 160 g/mol. The van der Waals surface area contributed by atoms with Crippen molar-refractivity contribution in [3.05, 3.63) is 0 Å². The fourth-order valence-corrected chi connectivity index (χ4v) is 2.36. The SMILES string of the molecule is C[C@H]1CC(=O)N[C@@H]2[C@H](Cl)[C@@H]21. The van der Waals surface area contributed by atoms with E-state index in [0.29, 0.717) is 18.3 Å². The number of piperidine rings is 1. The van der Waals surface area contributed by atoms with Crippen molar-refractivity contribution >= 4 is 17.5 Å². The number of amides is 1. The maximum absolute atomic E-state index is 10.9. The van der Waals surface area contributed by atoms with E-state index in [1.54, 1.807) is 0 Å². The fraction of sp³-hybridized carbons (Fsp3) is 0.857. The van der Waals surface area contributed by atoms with Crippen LogP contribution in [0.25, 0.3) is 0 Å². The molecule has 1 aliphatic carbocycles. The van der Waals surface area contributed by atoms with E-state index in [1.165, 1.54) is 0 Å². The molecule has 10 heavy (non-hydrogen) atoms. The molecule has 0 unspecified atom stereocenters. The van der Waals surface area contributed by atoms with E-state index < -0.39 is 0 Å². The molecule has 1 amide bonds. The molecule has 0 spiro atoms. The molecule has 1 heterocycles. The number of nitrogens with one attached hydrogen (secondary N) is 1. The van der Waals surface area contributed by atoms with Crippen LogP contribution in [0.1, 0.15) is 13.3 Å². The van der Waals surface area contributed by atoms with E-state index in [-0.39, 0.29) is 17.3 Å². The Morgan fingerprint density at radius 3 is 3.00 bits per heavy atom. The molecule has 0 radical (unpaired) electrons. The van der Waals surface area contributed by atoms with Gasteiger partial charge in [-0.25, -0.2) is 0 Å². The third kappa shape index (κ3) is 0.749. The summed E-state index contributed by atoms with van der Waals surface area (Å²) < 4.78 is 0. The van der Waals surface area contributed by atoms with Gasteiger partial charge in [0.2, 0.25) is 5.91 Å². The minimum atomic E-state index is 0.164. The lowest BCUT2D eigenvalue weighted by Crippen LogP contribution is -2.34. The average Bonchev–Trinajstić information content (AvgIpc) is 2.42. The second-order valence-electron chi connectivity index (χ2n) is 3.30. The van der Waals surface area contributed by atoms with Crippen molar-refractivity contribution in [2.24, 2.45) is 11.8 Å². The Kier molecular flexibility index (Phi) is 1.21. The lowest BCUT2D eigenvalue weighted by molar-refractivity contribution is -0.123. The van der Waals surface area contributed by atoms with Gasteiger partial charge in [-0.3, -0.25) is 4.79 Å². The van der Waals surface area contributed by atoms with Crippen LogP contribution in [0.3, 0.4) is 0 Å². The Morgan fingerprint density at radius 1 is 1.70 bits per heavy atom. The maximum atomic E-state index is 10.9. The summed E-state index contributed by atoms with van der Waals surface area (Å²) in [5.74, 6) is 1.21. The molecule has 0 aromatic heterocycles. The molecule has 1 saturated heterocycles. The van der Waals surface area contributed by atoms with Gasteiger partial charge in [0.1, 0.15) is 0 Å². The molecular weight excluding hydrogens is 150 g/mol. The standard InChI is InChI=1S/C7H10ClNO/c1-3-2-4(10)9-7-5(3)6(7)8/h3,5-7H,2H2,1H3,(H,9,10)/t3-,5-,6+,7-/m0/s1. The summed E-state index contributed by atoms with van der Waals surface area (Å²) in [6, 6.07) is 0.290. The normalized spacial score (nSPS) is 51.6. The van der Waals surface area contributed by atoms with Gasteiger partial charge in [-0.1, -0.05) is 6.92 Å². The van der Waals surface area contributed by atoms with Gasteiger partial charge in [-0.05, 0) is 5.92 Å². The van der Waals surface area contributed by atoms with Gasteiger partial charge in [-0.15, -0.1) is 11.6 Å². The molecule has 2 nitrogen and oxygen atoms in total. The molecule has 2 fully saturated rings. The van der Waals surface area contributed by atoms with E-state index in [1.807, 2.05) is 0 Å². The quantitative estimate of drug-likeness (QED) is 0.520. The second kappa shape index (κ2) is 1.88. The van der Waals surface area contributed by atoms with Crippen molar-refractivity contribution in [3.8, 4) is 0 Å². The summed E-state index contributed by atoms with van der Waals surface area (Å²) in [5.41, 5.74) is 0. The number of halogens is 1. The number of rotatable bonds is 0. The van der Waals surface area contributed by atoms with E-state index in [9.17, 15) is 4.79 Å².